The number of alkyl carbamates (subject to hydrolysis) is 1. The number of nitrogens with two attached hydrogens (primary N) is 1. The van der Waals surface area contributed by atoms with E-state index in [0.717, 1.165) is 27.9 Å². The molecule has 1 unspecified atom stereocenters. The number of nitrogens with one attached hydrogen (secondary N) is 2. The van der Waals surface area contributed by atoms with E-state index in [-0.39, 0.29) is 24.3 Å². The highest BCUT2D eigenvalue weighted by Gasteiger charge is 2.31. The van der Waals surface area contributed by atoms with E-state index in [1.54, 1.807) is 29.0 Å². The standard InChI is InChI=1S/C40H46N8O5/c1-26(2)24-52-39(50)44-31-15-13-29(14-16-31)33-22-42-37-34(23-43-48(37)36(33)41)30-11-8-12-32(21-30)46-17-19-47(20-18-46)38(49)35(27(3)4)45-40(51)53-25-28-9-6-5-7-10-28/h5-16,21-23,26-27,35H,17-20,24-25,41H2,1-4H3,(H,44,50)(H,45,51). The molecule has 53 heavy (non-hydrogen) atoms. The van der Waals surface area contributed by atoms with E-state index in [2.05, 4.69) is 32.8 Å². The van der Waals surface area contributed by atoms with Crippen molar-refractivity contribution in [2.75, 3.05) is 48.7 Å². The molecule has 6 rings (SSSR count). The van der Waals surface area contributed by atoms with Gasteiger partial charge in [0.1, 0.15) is 18.5 Å². The van der Waals surface area contributed by atoms with Gasteiger partial charge in [0.15, 0.2) is 5.65 Å². The van der Waals surface area contributed by atoms with Gasteiger partial charge in [-0.3, -0.25) is 10.1 Å². The summed E-state index contributed by atoms with van der Waals surface area (Å²) in [5, 5.41) is 10.1. The monoisotopic (exact) mass is 718 g/mol. The molecule has 1 aliphatic rings. The molecule has 13 heteroatoms. The fourth-order valence-electron chi connectivity index (χ4n) is 6.16. The molecule has 1 atom stereocenters. The Bertz CT molecular complexity index is 2040. The van der Waals surface area contributed by atoms with Crippen molar-refractivity contribution in [1.82, 2.24) is 24.8 Å². The number of nitrogens with zero attached hydrogens (tertiary/aromatic N) is 5. The Morgan fingerprint density at radius 1 is 0.811 bits per heavy atom. The lowest BCUT2D eigenvalue weighted by molar-refractivity contribution is -0.134. The minimum absolute atomic E-state index is 0.110. The van der Waals surface area contributed by atoms with Crippen LogP contribution < -0.4 is 21.3 Å². The average molecular weight is 719 g/mol. The van der Waals surface area contributed by atoms with Crippen LogP contribution in [0.4, 0.5) is 26.8 Å². The zero-order chi connectivity index (χ0) is 37.5. The summed E-state index contributed by atoms with van der Waals surface area (Å²) in [6.45, 7) is 10.6. The molecular formula is C40H46N8O5. The molecule has 0 saturated carbocycles. The third-order valence-electron chi connectivity index (χ3n) is 9.09. The van der Waals surface area contributed by atoms with Crippen LogP contribution in [-0.2, 0) is 20.9 Å². The van der Waals surface area contributed by atoms with Crippen molar-refractivity contribution in [3.63, 3.8) is 0 Å². The quantitative estimate of drug-likeness (QED) is 0.140. The number of hydrogen-bond donors (Lipinski definition) is 3. The number of amides is 3. The van der Waals surface area contributed by atoms with Crippen LogP contribution >= 0.6 is 0 Å². The second-order valence-corrected chi connectivity index (χ2v) is 13.8. The zero-order valence-corrected chi connectivity index (χ0v) is 30.5. The maximum absolute atomic E-state index is 13.6. The number of anilines is 3. The van der Waals surface area contributed by atoms with Gasteiger partial charge in [0.05, 0.1) is 12.8 Å². The van der Waals surface area contributed by atoms with Crippen LogP contribution in [0.15, 0.2) is 91.3 Å². The Balaban J connectivity index is 1.08. The Hall–Kier alpha value is -6.11. The van der Waals surface area contributed by atoms with E-state index in [4.69, 9.17) is 20.2 Å². The van der Waals surface area contributed by atoms with Crippen LogP contribution in [0.25, 0.3) is 27.9 Å². The predicted molar refractivity (Wildman–Crippen MR) is 205 cm³/mol. The fourth-order valence-corrected chi connectivity index (χ4v) is 6.16. The smallest absolute Gasteiger partial charge is 0.411 e. The number of rotatable bonds is 11. The molecular weight excluding hydrogens is 672 g/mol. The molecule has 5 aromatic rings. The van der Waals surface area contributed by atoms with Gasteiger partial charge in [-0.2, -0.15) is 9.61 Å². The van der Waals surface area contributed by atoms with E-state index in [9.17, 15) is 14.4 Å². The van der Waals surface area contributed by atoms with Crippen LogP contribution in [0.5, 0.6) is 0 Å². The minimum Gasteiger partial charge on any atom is -0.449 e. The van der Waals surface area contributed by atoms with Crippen molar-refractivity contribution in [2.24, 2.45) is 11.8 Å². The molecule has 0 aliphatic carbocycles. The van der Waals surface area contributed by atoms with Gasteiger partial charge in [0, 0.05) is 54.9 Å². The molecule has 2 aromatic heterocycles. The summed E-state index contributed by atoms with van der Waals surface area (Å²) in [7, 11) is 0. The van der Waals surface area contributed by atoms with Crippen LogP contribution in [0.1, 0.15) is 33.3 Å². The molecule has 0 spiro atoms. The SMILES string of the molecule is CC(C)COC(=O)Nc1ccc(-c2cnc3c(-c4cccc(N5CCN(C(=O)C(NC(=O)OCc6ccccc6)C(C)C)CC5)c4)cnn3c2N)cc1. The number of ether oxygens (including phenoxy) is 2. The number of carbonyl (C=O) groups is 3. The summed E-state index contributed by atoms with van der Waals surface area (Å²) in [4.78, 5) is 47.0. The lowest BCUT2D eigenvalue weighted by atomic mass is 10.0. The maximum atomic E-state index is 13.6. The summed E-state index contributed by atoms with van der Waals surface area (Å²) < 4.78 is 12.2. The van der Waals surface area contributed by atoms with Crippen LogP contribution in [-0.4, -0.2) is 76.4 Å². The molecule has 13 nitrogen and oxygen atoms in total. The molecule has 0 bridgehead atoms. The van der Waals surface area contributed by atoms with Crippen LogP contribution in [0, 0.1) is 11.8 Å². The Morgan fingerprint density at radius 3 is 2.25 bits per heavy atom. The van der Waals surface area contributed by atoms with Gasteiger partial charge < -0.3 is 30.3 Å². The number of fused-ring (bicyclic) bond motifs is 1. The number of benzene rings is 3. The molecule has 1 saturated heterocycles. The van der Waals surface area contributed by atoms with Crippen LogP contribution in [0.3, 0.4) is 0 Å². The lowest BCUT2D eigenvalue weighted by Gasteiger charge is -2.38. The molecule has 4 N–H and O–H groups in total. The second kappa shape index (κ2) is 16.5. The molecule has 276 valence electrons. The zero-order valence-electron chi connectivity index (χ0n) is 30.5. The number of carbonyl (C=O) groups excluding carboxylic acids is 3. The highest BCUT2D eigenvalue weighted by molar-refractivity contribution is 5.87. The van der Waals surface area contributed by atoms with Crippen molar-refractivity contribution in [1.29, 1.82) is 0 Å². The second-order valence-electron chi connectivity index (χ2n) is 13.8. The van der Waals surface area contributed by atoms with E-state index in [1.807, 2.05) is 87.2 Å². The molecule has 3 amide bonds. The topological polar surface area (TPSA) is 156 Å². The third-order valence-corrected chi connectivity index (χ3v) is 9.09. The highest BCUT2D eigenvalue weighted by atomic mass is 16.6. The van der Waals surface area contributed by atoms with Gasteiger partial charge in [-0.25, -0.2) is 14.6 Å². The highest BCUT2D eigenvalue weighted by Crippen LogP contribution is 2.32. The number of piperazine rings is 1. The van der Waals surface area contributed by atoms with E-state index in [1.165, 1.54) is 0 Å². The minimum atomic E-state index is -0.689. The van der Waals surface area contributed by atoms with Crippen molar-refractivity contribution in [2.45, 2.75) is 40.3 Å². The van der Waals surface area contributed by atoms with Gasteiger partial charge in [-0.15, -0.1) is 0 Å². The first-order chi connectivity index (χ1) is 25.6. The van der Waals surface area contributed by atoms with E-state index < -0.39 is 18.2 Å². The summed E-state index contributed by atoms with van der Waals surface area (Å²) >= 11 is 0. The van der Waals surface area contributed by atoms with Crippen molar-refractivity contribution in [3.8, 4) is 22.3 Å². The van der Waals surface area contributed by atoms with Crippen molar-refractivity contribution < 1.29 is 23.9 Å². The number of aromatic nitrogens is 3. The van der Waals surface area contributed by atoms with Gasteiger partial charge >= 0.3 is 12.2 Å². The predicted octanol–water partition coefficient (Wildman–Crippen LogP) is 6.45. The van der Waals surface area contributed by atoms with Crippen molar-refractivity contribution in [3.05, 3.63) is 96.8 Å². The maximum Gasteiger partial charge on any atom is 0.411 e. The largest absolute Gasteiger partial charge is 0.449 e. The van der Waals surface area contributed by atoms with Crippen molar-refractivity contribution >= 4 is 40.9 Å². The number of hydrogen-bond acceptors (Lipinski definition) is 9. The molecule has 1 aliphatic heterocycles. The summed E-state index contributed by atoms with van der Waals surface area (Å²) in [6.07, 6.45) is 2.39. The van der Waals surface area contributed by atoms with E-state index >= 15 is 0 Å². The lowest BCUT2D eigenvalue weighted by Crippen LogP contribution is -2.56. The average Bonchev–Trinajstić information content (AvgIpc) is 3.61. The first-order valence-electron chi connectivity index (χ1n) is 17.8. The Labute approximate surface area is 309 Å². The molecule has 1 fully saturated rings. The van der Waals surface area contributed by atoms with Gasteiger partial charge in [0.25, 0.3) is 0 Å². The molecule has 3 aromatic carbocycles. The van der Waals surface area contributed by atoms with Gasteiger partial charge in [-0.1, -0.05) is 82.3 Å². The molecule has 0 radical (unpaired) electrons. The molecule has 3 heterocycles. The number of nitrogen functional groups attached to an aromatic ring is 1. The van der Waals surface area contributed by atoms with Crippen LogP contribution in [0.2, 0.25) is 0 Å². The van der Waals surface area contributed by atoms with Gasteiger partial charge in [0.2, 0.25) is 5.91 Å². The normalized spacial score (nSPS) is 13.6. The third kappa shape index (κ3) is 8.86. The summed E-state index contributed by atoms with van der Waals surface area (Å²) in [6, 6.07) is 24.2. The van der Waals surface area contributed by atoms with E-state index in [0.29, 0.717) is 55.5 Å². The summed E-state index contributed by atoms with van der Waals surface area (Å²) in [5.41, 5.74) is 13.1. The first kappa shape index (κ1) is 36.7. The Morgan fingerprint density at radius 2 is 1.55 bits per heavy atom. The fraction of sp³-hybridized carbons (Fsp3) is 0.325. The summed E-state index contributed by atoms with van der Waals surface area (Å²) in [5.74, 6) is 0.461. The first-order valence-corrected chi connectivity index (χ1v) is 17.8. The van der Waals surface area contributed by atoms with Gasteiger partial charge in [-0.05, 0) is 52.8 Å². The Kier molecular flexibility index (Phi) is 11.4.